The molecule has 0 saturated heterocycles. The molecule has 0 bridgehead atoms. The molecule has 0 radical (unpaired) electrons. The molecule has 0 aliphatic heterocycles. The number of benzene rings is 1. The fourth-order valence-electron chi connectivity index (χ4n) is 2.96. The Hall–Kier alpha value is -0.860. The van der Waals surface area contributed by atoms with E-state index in [1.54, 1.807) is 0 Å². The molecule has 1 aliphatic carbocycles. The van der Waals surface area contributed by atoms with E-state index in [1.165, 1.54) is 30.4 Å². The zero-order chi connectivity index (χ0) is 12.8. The summed E-state index contributed by atoms with van der Waals surface area (Å²) in [5.74, 6) is 0.659. The summed E-state index contributed by atoms with van der Waals surface area (Å²) in [5.41, 5.74) is 9.29. The van der Waals surface area contributed by atoms with Gasteiger partial charge in [0.2, 0.25) is 0 Å². The lowest BCUT2D eigenvalue weighted by atomic mass is 9.79. The van der Waals surface area contributed by atoms with Gasteiger partial charge in [0.25, 0.3) is 0 Å². The van der Waals surface area contributed by atoms with E-state index >= 15 is 0 Å². The molecule has 0 spiro atoms. The van der Waals surface area contributed by atoms with Gasteiger partial charge in [-0.2, -0.15) is 0 Å². The van der Waals surface area contributed by atoms with E-state index in [2.05, 4.69) is 24.3 Å². The highest BCUT2D eigenvalue weighted by molar-refractivity contribution is 5.32. The first-order valence-electron chi connectivity index (χ1n) is 7.22. The maximum Gasteiger partial charge on any atom is 0.0480 e. The Labute approximate surface area is 111 Å². The summed E-state index contributed by atoms with van der Waals surface area (Å²) in [6.45, 7) is 3.62. The van der Waals surface area contributed by atoms with Crippen molar-refractivity contribution < 1.29 is 4.74 Å². The maximum absolute atomic E-state index is 6.22. The highest BCUT2D eigenvalue weighted by Gasteiger charge is 2.21. The number of ether oxygens (including phenoxy) is 1. The number of fused-ring (bicyclic) bond motifs is 1. The smallest absolute Gasteiger partial charge is 0.0480 e. The molecule has 2 rings (SSSR count). The van der Waals surface area contributed by atoms with Crippen LogP contribution in [0.25, 0.3) is 0 Å². The van der Waals surface area contributed by atoms with Crippen molar-refractivity contribution >= 4 is 0 Å². The van der Waals surface area contributed by atoms with Gasteiger partial charge in [-0.25, -0.2) is 0 Å². The van der Waals surface area contributed by atoms with Crippen LogP contribution in [0.5, 0.6) is 0 Å². The molecule has 0 amide bonds. The topological polar surface area (TPSA) is 35.2 Å². The van der Waals surface area contributed by atoms with Gasteiger partial charge < -0.3 is 10.5 Å². The second-order valence-electron chi connectivity index (χ2n) is 5.27. The second kappa shape index (κ2) is 6.91. The van der Waals surface area contributed by atoms with Crippen molar-refractivity contribution in [3.05, 3.63) is 35.4 Å². The van der Waals surface area contributed by atoms with Crippen LogP contribution in [0.1, 0.15) is 49.7 Å². The highest BCUT2D eigenvalue weighted by atomic mass is 16.5. The van der Waals surface area contributed by atoms with Gasteiger partial charge in [-0.1, -0.05) is 24.3 Å². The van der Waals surface area contributed by atoms with Crippen LogP contribution in [0.2, 0.25) is 0 Å². The molecule has 2 unspecified atom stereocenters. The molecule has 2 nitrogen and oxygen atoms in total. The van der Waals surface area contributed by atoms with Crippen molar-refractivity contribution in [2.24, 2.45) is 5.73 Å². The van der Waals surface area contributed by atoms with Gasteiger partial charge in [0, 0.05) is 19.3 Å². The van der Waals surface area contributed by atoms with E-state index in [-0.39, 0.29) is 6.04 Å². The van der Waals surface area contributed by atoms with Crippen LogP contribution in [0, 0.1) is 0 Å². The zero-order valence-corrected chi connectivity index (χ0v) is 11.4. The van der Waals surface area contributed by atoms with Crippen molar-refractivity contribution in [3.63, 3.8) is 0 Å². The summed E-state index contributed by atoms with van der Waals surface area (Å²) in [6, 6.07) is 9.13. The summed E-state index contributed by atoms with van der Waals surface area (Å²) in [4.78, 5) is 0. The minimum absolute atomic E-state index is 0.271. The van der Waals surface area contributed by atoms with Crippen LogP contribution in [-0.2, 0) is 11.2 Å². The number of hydrogen-bond acceptors (Lipinski definition) is 2. The molecular weight excluding hydrogens is 222 g/mol. The number of nitrogens with two attached hydrogens (primary N) is 1. The molecule has 2 heteroatoms. The summed E-state index contributed by atoms with van der Waals surface area (Å²) in [7, 11) is 0. The van der Waals surface area contributed by atoms with Gasteiger partial charge in [-0.3, -0.25) is 0 Å². The number of aryl methyl sites for hydroxylation is 1. The fourth-order valence-corrected chi connectivity index (χ4v) is 2.96. The zero-order valence-electron chi connectivity index (χ0n) is 11.4. The summed E-state index contributed by atoms with van der Waals surface area (Å²) >= 11 is 0. The molecule has 0 aromatic heterocycles. The van der Waals surface area contributed by atoms with Crippen LogP contribution in [-0.4, -0.2) is 19.3 Å². The molecule has 0 saturated carbocycles. The monoisotopic (exact) mass is 247 g/mol. The molecule has 18 heavy (non-hydrogen) atoms. The normalized spacial score (nSPS) is 20.4. The van der Waals surface area contributed by atoms with E-state index in [1.807, 2.05) is 6.92 Å². The average molecular weight is 247 g/mol. The Morgan fingerprint density at radius 1 is 1.39 bits per heavy atom. The first-order valence-corrected chi connectivity index (χ1v) is 7.22. The van der Waals surface area contributed by atoms with E-state index in [4.69, 9.17) is 10.5 Å². The van der Waals surface area contributed by atoms with E-state index in [0.717, 1.165) is 26.1 Å². The largest absolute Gasteiger partial charge is 0.382 e. The van der Waals surface area contributed by atoms with E-state index in [0.29, 0.717) is 5.92 Å². The molecule has 0 heterocycles. The fraction of sp³-hybridized carbons (Fsp3) is 0.625. The van der Waals surface area contributed by atoms with Gasteiger partial charge in [-0.15, -0.1) is 0 Å². The predicted octanol–water partition coefficient (Wildman–Crippen LogP) is 3.25. The lowest BCUT2D eigenvalue weighted by Crippen LogP contribution is -2.26. The third kappa shape index (κ3) is 3.56. The summed E-state index contributed by atoms with van der Waals surface area (Å²) in [6.07, 6.45) is 5.91. The molecule has 1 aliphatic rings. The van der Waals surface area contributed by atoms with Crippen molar-refractivity contribution in [1.29, 1.82) is 0 Å². The Morgan fingerprint density at radius 3 is 3.06 bits per heavy atom. The summed E-state index contributed by atoms with van der Waals surface area (Å²) < 4.78 is 5.38. The quantitative estimate of drug-likeness (QED) is 0.783. The van der Waals surface area contributed by atoms with Crippen molar-refractivity contribution in [2.75, 3.05) is 13.2 Å². The molecule has 2 N–H and O–H groups in total. The van der Waals surface area contributed by atoms with Crippen LogP contribution in [0.3, 0.4) is 0 Å². The van der Waals surface area contributed by atoms with Gasteiger partial charge in [-0.05, 0) is 56.1 Å². The minimum Gasteiger partial charge on any atom is -0.382 e. The Kier molecular flexibility index (Phi) is 5.21. The summed E-state index contributed by atoms with van der Waals surface area (Å²) in [5, 5.41) is 0. The Balaban J connectivity index is 1.90. The molecule has 0 fully saturated rings. The Bertz CT molecular complexity index is 364. The molecule has 100 valence electrons. The maximum atomic E-state index is 6.22. The van der Waals surface area contributed by atoms with Gasteiger partial charge in [0.05, 0.1) is 0 Å². The van der Waals surface area contributed by atoms with E-state index < -0.39 is 0 Å². The molecule has 1 aromatic carbocycles. The highest BCUT2D eigenvalue weighted by Crippen LogP contribution is 2.34. The third-order valence-corrected chi connectivity index (χ3v) is 3.92. The van der Waals surface area contributed by atoms with Crippen molar-refractivity contribution in [2.45, 2.75) is 51.0 Å². The minimum atomic E-state index is 0.271. The third-order valence-electron chi connectivity index (χ3n) is 3.92. The standard InChI is InChI=1S/C16H25NO/c1-2-18-11-10-15(17)12-14-8-5-7-13-6-3-4-9-16(13)14/h3-4,6,9,14-15H,2,5,7-8,10-12,17H2,1H3. The first kappa shape index (κ1) is 13.6. The van der Waals surface area contributed by atoms with Gasteiger partial charge >= 0.3 is 0 Å². The SMILES string of the molecule is CCOCCC(N)CC1CCCc2ccccc21. The molecule has 2 atom stereocenters. The van der Waals surface area contributed by atoms with Crippen LogP contribution in [0.4, 0.5) is 0 Å². The van der Waals surface area contributed by atoms with Crippen LogP contribution >= 0.6 is 0 Å². The lowest BCUT2D eigenvalue weighted by Gasteiger charge is -2.27. The van der Waals surface area contributed by atoms with Gasteiger partial charge in [0.15, 0.2) is 0 Å². The van der Waals surface area contributed by atoms with Crippen LogP contribution < -0.4 is 5.73 Å². The average Bonchev–Trinajstić information content (AvgIpc) is 2.39. The predicted molar refractivity (Wildman–Crippen MR) is 75.8 cm³/mol. The second-order valence-corrected chi connectivity index (χ2v) is 5.27. The number of hydrogen-bond donors (Lipinski definition) is 1. The molecule has 1 aromatic rings. The Morgan fingerprint density at radius 2 is 2.22 bits per heavy atom. The van der Waals surface area contributed by atoms with Crippen molar-refractivity contribution in [3.8, 4) is 0 Å². The lowest BCUT2D eigenvalue weighted by molar-refractivity contribution is 0.138. The molecular formula is C16H25NO. The van der Waals surface area contributed by atoms with Gasteiger partial charge in [0.1, 0.15) is 0 Å². The van der Waals surface area contributed by atoms with Crippen molar-refractivity contribution in [1.82, 2.24) is 0 Å². The van der Waals surface area contributed by atoms with E-state index in [9.17, 15) is 0 Å². The first-order chi connectivity index (χ1) is 8.81. The van der Waals surface area contributed by atoms with Crippen LogP contribution in [0.15, 0.2) is 24.3 Å². The number of rotatable bonds is 6.